The SMILES string of the molecule is N#C/C(=C\c1cccc(OCc2cccc(C#N)c2)c1)C(=O)c1ccsc1. The van der Waals surface area contributed by atoms with Crippen molar-refractivity contribution >= 4 is 23.2 Å². The van der Waals surface area contributed by atoms with Crippen molar-refractivity contribution in [3.05, 3.63) is 93.2 Å². The molecule has 0 spiro atoms. The summed E-state index contributed by atoms with van der Waals surface area (Å²) in [4.78, 5) is 12.4. The van der Waals surface area contributed by atoms with Crippen LogP contribution in [0.2, 0.25) is 0 Å². The van der Waals surface area contributed by atoms with Crippen molar-refractivity contribution in [3.63, 3.8) is 0 Å². The number of allylic oxidation sites excluding steroid dienone is 1. The maximum atomic E-state index is 12.4. The molecular weight excluding hydrogens is 356 g/mol. The van der Waals surface area contributed by atoms with Crippen LogP contribution in [0.25, 0.3) is 6.08 Å². The number of ketones is 1. The summed E-state index contributed by atoms with van der Waals surface area (Å²) in [7, 11) is 0. The number of hydrogen-bond acceptors (Lipinski definition) is 5. The van der Waals surface area contributed by atoms with Crippen LogP contribution >= 0.6 is 11.3 Å². The fourth-order valence-corrected chi connectivity index (χ4v) is 3.09. The Morgan fingerprint density at radius 3 is 2.70 bits per heavy atom. The van der Waals surface area contributed by atoms with Crippen molar-refractivity contribution in [2.45, 2.75) is 6.61 Å². The van der Waals surface area contributed by atoms with Gasteiger partial charge in [-0.25, -0.2) is 0 Å². The number of ether oxygens (including phenoxy) is 1. The number of nitriles is 2. The molecule has 0 N–H and O–H groups in total. The average molecular weight is 370 g/mol. The summed E-state index contributed by atoms with van der Waals surface area (Å²) in [5, 5.41) is 21.8. The molecule has 0 radical (unpaired) electrons. The van der Waals surface area contributed by atoms with E-state index in [2.05, 4.69) is 6.07 Å². The second-order valence-electron chi connectivity index (χ2n) is 5.68. The monoisotopic (exact) mass is 370 g/mol. The van der Waals surface area contributed by atoms with Gasteiger partial charge in [-0.15, -0.1) is 0 Å². The molecule has 2 aromatic carbocycles. The molecule has 27 heavy (non-hydrogen) atoms. The summed E-state index contributed by atoms with van der Waals surface area (Å²) in [6, 6.07) is 20.2. The Morgan fingerprint density at radius 1 is 1.11 bits per heavy atom. The molecule has 3 aromatic rings. The lowest BCUT2D eigenvalue weighted by atomic mass is 10.0. The molecule has 4 nitrogen and oxygen atoms in total. The Bertz CT molecular complexity index is 1070. The third kappa shape index (κ3) is 4.70. The highest BCUT2D eigenvalue weighted by molar-refractivity contribution is 7.08. The Balaban J connectivity index is 1.75. The van der Waals surface area contributed by atoms with Gasteiger partial charge in [0.2, 0.25) is 5.78 Å². The number of carbonyl (C=O) groups excluding carboxylic acids is 1. The summed E-state index contributed by atoms with van der Waals surface area (Å²) in [6.07, 6.45) is 1.56. The van der Waals surface area contributed by atoms with E-state index in [1.54, 1.807) is 59.3 Å². The fourth-order valence-electron chi connectivity index (χ4n) is 2.46. The Kier molecular flexibility index (Phi) is 5.79. The van der Waals surface area contributed by atoms with Gasteiger partial charge in [-0.05, 0) is 52.9 Å². The van der Waals surface area contributed by atoms with Crippen molar-refractivity contribution in [3.8, 4) is 17.9 Å². The highest BCUT2D eigenvalue weighted by atomic mass is 32.1. The molecule has 0 amide bonds. The van der Waals surface area contributed by atoms with Crippen molar-refractivity contribution in [2.75, 3.05) is 0 Å². The van der Waals surface area contributed by atoms with Crippen LogP contribution in [0.3, 0.4) is 0 Å². The first-order valence-electron chi connectivity index (χ1n) is 8.10. The van der Waals surface area contributed by atoms with Crippen LogP contribution in [0.15, 0.2) is 70.9 Å². The Labute approximate surface area is 161 Å². The minimum atomic E-state index is -0.293. The zero-order valence-electron chi connectivity index (χ0n) is 14.3. The second-order valence-corrected chi connectivity index (χ2v) is 6.46. The van der Waals surface area contributed by atoms with Crippen molar-refractivity contribution < 1.29 is 9.53 Å². The molecular formula is C22H14N2O2S. The number of nitrogens with zero attached hydrogens (tertiary/aromatic N) is 2. The zero-order valence-corrected chi connectivity index (χ0v) is 15.1. The van der Waals surface area contributed by atoms with Crippen LogP contribution in [-0.4, -0.2) is 5.78 Å². The van der Waals surface area contributed by atoms with Crippen LogP contribution in [0.1, 0.15) is 27.0 Å². The number of benzene rings is 2. The summed E-state index contributed by atoms with van der Waals surface area (Å²) < 4.78 is 5.78. The minimum Gasteiger partial charge on any atom is -0.489 e. The molecule has 0 saturated carbocycles. The predicted octanol–water partition coefficient (Wildman–Crippen LogP) is 4.99. The van der Waals surface area contributed by atoms with Gasteiger partial charge >= 0.3 is 0 Å². The number of rotatable bonds is 6. The molecule has 0 aliphatic rings. The first kappa shape index (κ1) is 18.1. The molecule has 1 aromatic heterocycles. The molecule has 0 unspecified atom stereocenters. The molecule has 0 aliphatic carbocycles. The average Bonchev–Trinajstić information content (AvgIpc) is 3.25. The van der Waals surface area contributed by atoms with Crippen LogP contribution in [0.4, 0.5) is 0 Å². The molecule has 3 rings (SSSR count). The third-order valence-electron chi connectivity index (χ3n) is 3.78. The van der Waals surface area contributed by atoms with Crippen molar-refractivity contribution in [1.82, 2.24) is 0 Å². The number of hydrogen-bond donors (Lipinski definition) is 0. The van der Waals surface area contributed by atoms with E-state index in [4.69, 9.17) is 10.00 Å². The van der Waals surface area contributed by atoms with Crippen LogP contribution < -0.4 is 4.74 Å². The maximum Gasteiger partial charge on any atom is 0.204 e. The number of carbonyl (C=O) groups is 1. The maximum absolute atomic E-state index is 12.4. The van der Waals surface area contributed by atoms with Crippen molar-refractivity contribution in [1.29, 1.82) is 10.5 Å². The predicted molar refractivity (Wildman–Crippen MR) is 104 cm³/mol. The lowest BCUT2D eigenvalue weighted by Crippen LogP contribution is -2.00. The van der Waals surface area contributed by atoms with E-state index in [1.807, 2.05) is 18.2 Å². The van der Waals surface area contributed by atoms with Crippen LogP contribution in [0.5, 0.6) is 5.75 Å². The van der Waals surface area contributed by atoms with Gasteiger partial charge < -0.3 is 4.74 Å². The number of Topliss-reactive ketones (excluding diaryl/α,β-unsaturated/α-hetero) is 1. The van der Waals surface area contributed by atoms with Gasteiger partial charge in [0.15, 0.2) is 0 Å². The van der Waals surface area contributed by atoms with E-state index in [0.29, 0.717) is 29.0 Å². The largest absolute Gasteiger partial charge is 0.489 e. The van der Waals surface area contributed by atoms with E-state index in [-0.39, 0.29) is 11.4 Å². The van der Waals surface area contributed by atoms with Gasteiger partial charge in [0.25, 0.3) is 0 Å². The Hall–Kier alpha value is -3.67. The van der Waals surface area contributed by atoms with E-state index in [1.165, 1.54) is 11.3 Å². The summed E-state index contributed by atoms with van der Waals surface area (Å²) in [6.45, 7) is 0.321. The van der Waals surface area contributed by atoms with Gasteiger partial charge in [0.05, 0.1) is 11.6 Å². The molecule has 5 heteroatoms. The highest BCUT2D eigenvalue weighted by Gasteiger charge is 2.12. The van der Waals surface area contributed by atoms with E-state index >= 15 is 0 Å². The number of thiophene rings is 1. The normalized spacial score (nSPS) is 10.7. The first-order chi connectivity index (χ1) is 13.2. The van der Waals surface area contributed by atoms with Gasteiger partial charge in [0.1, 0.15) is 24.0 Å². The molecule has 0 bridgehead atoms. The van der Waals surface area contributed by atoms with E-state index in [9.17, 15) is 10.1 Å². The quantitative estimate of drug-likeness (QED) is 0.348. The van der Waals surface area contributed by atoms with E-state index < -0.39 is 0 Å². The van der Waals surface area contributed by atoms with Crippen LogP contribution in [0, 0.1) is 22.7 Å². The lowest BCUT2D eigenvalue weighted by molar-refractivity contribution is 0.104. The highest BCUT2D eigenvalue weighted by Crippen LogP contribution is 2.19. The Morgan fingerprint density at radius 2 is 1.96 bits per heavy atom. The lowest BCUT2D eigenvalue weighted by Gasteiger charge is -2.07. The molecule has 130 valence electrons. The standard InChI is InChI=1S/C22H14N2O2S/c23-12-17-4-1-5-18(9-17)14-26-21-6-2-3-16(11-21)10-20(13-24)22(25)19-7-8-27-15-19/h1-11,15H,14H2/b20-10+. The topological polar surface area (TPSA) is 73.9 Å². The zero-order chi connectivity index (χ0) is 19.1. The van der Waals surface area contributed by atoms with E-state index in [0.717, 1.165) is 5.56 Å². The van der Waals surface area contributed by atoms with Gasteiger partial charge in [-0.3, -0.25) is 4.79 Å². The molecule has 1 heterocycles. The fraction of sp³-hybridized carbons (Fsp3) is 0.0455. The van der Waals surface area contributed by atoms with Gasteiger partial charge in [-0.2, -0.15) is 21.9 Å². The minimum absolute atomic E-state index is 0.0762. The summed E-state index contributed by atoms with van der Waals surface area (Å²) in [5.41, 5.74) is 2.77. The molecule has 0 atom stereocenters. The van der Waals surface area contributed by atoms with Crippen LogP contribution in [-0.2, 0) is 6.61 Å². The smallest absolute Gasteiger partial charge is 0.204 e. The molecule has 0 aliphatic heterocycles. The van der Waals surface area contributed by atoms with Gasteiger partial charge in [0, 0.05) is 10.9 Å². The summed E-state index contributed by atoms with van der Waals surface area (Å²) in [5.74, 6) is 0.324. The summed E-state index contributed by atoms with van der Waals surface area (Å²) >= 11 is 1.41. The second kappa shape index (κ2) is 8.62. The first-order valence-corrected chi connectivity index (χ1v) is 9.04. The van der Waals surface area contributed by atoms with Gasteiger partial charge in [-0.1, -0.05) is 24.3 Å². The van der Waals surface area contributed by atoms with Crippen molar-refractivity contribution in [2.24, 2.45) is 0 Å². The molecule has 0 saturated heterocycles. The third-order valence-corrected chi connectivity index (χ3v) is 4.46. The molecule has 0 fully saturated rings.